The van der Waals surface area contributed by atoms with Gasteiger partial charge in [0.05, 0.1) is 32.7 Å². The molecule has 0 saturated heterocycles. The van der Waals surface area contributed by atoms with Crippen LogP contribution in [0, 0.1) is 5.82 Å². The predicted octanol–water partition coefficient (Wildman–Crippen LogP) is 9.89. The normalized spacial score (nSPS) is 12.1. The van der Waals surface area contributed by atoms with Crippen LogP contribution in [-0.4, -0.2) is 44.4 Å². The lowest BCUT2D eigenvalue weighted by Gasteiger charge is -2.10. The first-order valence-corrected chi connectivity index (χ1v) is 18.9. The molecule has 2 heterocycles. The summed E-state index contributed by atoms with van der Waals surface area (Å²) in [5.74, 6) is -0.885. The number of carbonyl (C=O) groups excluding carboxylic acids is 3. The van der Waals surface area contributed by atoms with Gasteiger partial charge in [0.1, 0.15) is 5.82 Å². The van der Waals surface area contributed by atoms with Crippen molar-refractivity contribution < 1.29 is 28.4 Å². The van der Waals surface area contributed by atoms with Gasteiger partial charge in [-0.25, -0.2) is 19.0 Å². The molecule has 12 heteroatoms. The Hall–Kier alpha value is -5.98. The van der Waals surface area contributed by atoms with Crippen molar-refractivity contribution in [2.45, 2.75) is 38.0 Å². The number of fused-ring (bicyclic) bond motifs is 4. The molecular formula is C42H33FN4O5S2. The van der Waals surface area contributed by atoms with E-state index in [1.165, 1.54) is 38.1 Å². The molecule has 5 aromatic carbocycles. The van der Waals surface area contributed by atoms with Gasteiger partial charge in [0.2, 0.25) is 0 Å². The Morgan fingerprint density at radius 3 is 2.04 bits per heavy atom. The van der Waals surface area contributed by atoms with Gasteiger partial charge >= 0.3 is 11.9 Å². The molecule has 0 unspecified atom stereocenters. The number of nitrogens with zero attached hydrogens (tertiary/aromatic N) is 4. The van der Waals surface area contributed by atoms with E-state index in [0.29, 0.717) is 29.0 Å². The quantitative estimate of drug-likeness (QED) is 0.0305. The minimum absolute atomic E-state index is 0.233. The Bertz CT molecular complexity index is 2580. The highest BCUT2D eigenvalue weighted by Crippen LogP contribution is 2.35. The van der Waals surface area contributed by atoms with Gasteiger partial charge in [-0.1, -0.05) is 52.4 Å². The van der Waals surface area contributed by atoms with Crippen molar-refractivity contribution >= 4 is 84.3 Å². The van der Waals surface area contributed by atoms with Crippen LogP contribution >= 0.6 is 23.1 Å². The predicted molar refractivity (Wildman–Crippen MR) is 212 cm³/mol. The maximum absolute atomic E-state index is 13.7. The van der Waals surface area contributed by atoms with Gasteiger partial charge in [-0.05, 0) is 104 Å². The van der Waals surface area contributed by atoms with Crippen molar-refractivity contribution in [1.29, 1.82) is 0 Å². The number of hydrogen-bond donors (Lipinski definition) is 0. The fraction of sp³-hybridized carbons (Fsp3) is 0.143. The lowest BCUT2D eigenvalue weighted by molar-refractivity contribution is -0.141. The molecule has 0 atom stereocenters. The second-order valence-corrected chi connectivity index (χ2v) is 14.8. The van der Waals surface area contributed by atoms with Gasteiger partial charge in [0.15, 0.2) is 10.1 Å². The zero-order valence-electron chi connectivity index (χ0n) is 29.5. The third-order valence-electron chi connectivity index (χ3n) is 8.66. The summed E-state index contributed by atoms with van der Waals surface area (Å²) in [5.41, 5.74) is 7.10. The van der Waals surface area contributed by atoms with Gasteiger partial charge < -0.3 is 14.2 Å². The Balaban J connectivity index is 1.26. The standard InChI is InChI=1S/C42H33FN4O5S2/c1-25(45-51-26(2)48)28-12-18-33(19-13-28)47-38-20-14-30(23-34(38)35-24-31(15-21-39(35)47)41(50)29-10-16-32(43)17-11-29)36(46-52-27(3)49)8-6-22-53-42-44-37-7-4-5-9-40(37)54-42/h4-5,7,9-21,23-24H,6,8,22H2,1-3H3/b45-25?,46-36+. The van der Waals surface area contributed by atoms with Crippen molar-refractivity contribution in [3.05, 3.63) is 137 Å². The molecule has 0 amide bonds. The topological polar surface area (TPSA) is 112 Å². The van der Waals surface area contributed by atoms with Gasteiger partial charge in [-0.3, -0.25) is 4.79 Å². The lowest BCUT2D eigenvalue weighted by Crippen LogP contribution is -2.05. The Kier molecular flexibility index (Phi) is 10.7. The Morgan fingerprint density at radius 1 is 0.741 bits per heavy atom. The van der Waals surface area contributed by atoms with E-state index < -0.39 is 17.8 Å². The summed E-state index contributed by atoms with van der Waals surface area (Å²) in [5, 5.41) is 9.85. The van der Waals surface area contributed by atoms with Crippen LogP contribution in [-0.2, 0) is 19.3 Å². The Morgan fingerprint density at radius 2 is 1.35 bits per heavy atom. The van der Waals surface area contributed by atoms with E-state index in [1.807, 2.05) is 72.8 Å². The smallest absolute Gasteiger partial charge is 0.318 e. The van der Waals surface area contributed by atoms with Gasteiger partial charge in [-0.15, -0.1) is 11.3 Å². The number of rotatable bonds is 12. The van der Waals surface area contributed by atoms with Crippen molar-refractivity contribution in [3.8, 4) is 5.69 Å². The monoisotopic (exact) mass is 756 g/mol. The van der Waals surface area contributed by atoms with Crippen molar-refractivity contribution in [2.75, 3.05) is 5.75 Å². The molecule has 0 N–H and O–H groups in total. The fourth-order valence-corrected chi connectivity index (χ4v) is 8.18. The van der Waals surface area contributed by atoms with Crippen LogP contribution in [0.25, 0.3) is 37.7 Å². The first-order valence-electron chi connectivity index (χ1n) is 17.1. The summed E-state index contributed by atoms with van der Waals surface area (Å²) in [7, 11) is 0. The number of halogens is 1. The SMILES string of the molecule is CC(=O)ON=C(C)c1ccc(-n2c3ccc(C(=O)c4ccc(F)cc4)cc3c3cc(/C(CCCSc4nc5ccccc5s4)=N/OC(C)=O)ccc32)cc1. The van der Waals surface area contributed by atoms with Crippen molar-refractivity contribution in [1.82, 2.24) is 9.55 Å². The van der Waals surface area contributed by atoms with Gasteiger partial charge in [-0.2, -0.15) is 0 Å². The van der Waals surface area contributed by atoms with Crippen molar-refractivity contribution in [3.63, 3.8) is 0 Å². The molecule has 0 aliphatic rings. The molecule has 0 radical (unpaired) electrons. The second kappa shape index (κ2) is 15.9. The number of ketones is 1. The number of oxime groups is 2. The molecular weight excluding hydrogens is 724 g/mol. The minimum atomic E-state index is -0.519. The van der Waals surface area contributed by atoms with Crippen molar-refractivity contribution in [2.24, 2.45) is 10.3 Å². The van der Waals surface area contributed by atoms with E-state index in [0.717, 1.165) is 65.4 Å². The number of thioether (sulfide) groups is 1. The molecule has 0 spiro atoms. The van der Waals surface area contributed by atoms with Gasteiger partial charge in [0, 0.05) is 52.8 Å². The van der Waals surface area contributed by atoms with Crippen LogP contribution in [0.1, 0.15) is 60.7 Å². The van der Waals surface area contributed by atoms with Crippen LogP contribution in [0.15, 0.2) is 124 Å². The number of aromatic nitrogens is 2. The van der Waals surface area contributed by atoms with E-state index in [1.54, 1.807) is 36.1 Å². The first kappa shape index (κ1) is 36.4. The van der Waals surface area contributed by atoms with Crippen LogP contribution < -0.4 is 0 Å². The number of para-hydroxylation sites is 1. The zero-order valence-corrected chi connectivity index (χ0v) is 31.2. The molecule has 2 aromatic heterocycles. The molecule has 0 saturated carbocycles. The van der Waals surface area contributed by atoms with Crippen LogP contribution in [0.4, 0.5) is 4.39 Å². The summed E-state index contributed by atoms with van der Waals surface area (Å²) >= 11 is 3.34. The molecule has 270 valence electrons. The summed E-state index contributed by atoms with van der Waals surface area (Å²) in [6, 6.07) is 32.7. The summed E-state index contributed by atoms with van der Waals surface area (Å²) in [6.45, 7) is 4.37. The van der Waals surface area contributed by atoms with Gasteiger partial charge in [0.25, 0.3) is 0 Å². The van der Waals surface area contributed by atoms with E-state index in [9.17, 15) is 18.8 Å². The third kappa shape index (κ3) is 7.99. The third-order valence-corrected chi connectivity index (χ3v) is 10.9. The molecule has 0 aliphatic carbocycles. The molecule has 7 rings (SSSR count). The summed E-state index contributed by atoms with van der Waals surface area (Å²) in [4.78, 5) is 51.5. The second-order valence-electron chi connectivity index (χ2n) is 12.5. The highest BCUT2D eigenvalue weighted by molar-refractivity contribution is 8.01. The van der Waals surface area contributed by atoms with Crippen LogP contribution in [0.5, 0.6) is 0 Å². The lowest BCUT2D eigenvalue weighted by atomic mass is 9.99. The maximum atomic E-state index is 13.7. The van der Waals surface area contributed by atoms with Crippen LogP contribution in [0.3, 0.4) is 0 Å². The minimum Gasteiger partial charge on any atom is -0.318 e. The summed E-state index contributed by atoms with van der Waals surface area (Å²) in [6.07, 6.45) is 1.29. The molecule has 0 bridgehead atoms. The van der Waals surface area contributed by atoms with E-state index in [2.05, 4.69) is 20.9 Å². The number of benzene rings is 5. The average molecular weight is 757 g/mol. The van der Waals surface area contributed by atoms with Crippen LogP contribution in [0.2, 0.25) is 0 Å². The summed E-state index contributed by atoms with van der Waals surface area (Å²) < 4.78 is 17.9. The average Bonchev–Trinajstić information content (AvgIpc) is 3.74. The van der Waals surface area contributed by atoms with E-state index in [4.69, 9.17) is 14.7 Å². The zero-order chi connectivity index (χ0) is 37.8. The highest BCUT2D eigenvalue weighted by atomic mass is 32.2. The fourth-order valence-electron chi connectivity index (χ4n) is 6.10. The number of thiazole rings is 1. The first-order chi connectivity index (χ1) is 26.1. The molecule has 7 aromatic rings. The Labute approximate surface area is 318 Å². The van der Waals surface area contributed by atoms with E-state index >= 15 is 0 Å². The highest BCUT2D eigenvalue weighted by Gasteiger charge is 2.18. The molecule has 9 nitrogen and oxygen atoms in total. The maximum Gasteiger partial charge on any atom is 0.331 e. The molecule has 0 aliphatic heterocycles. The number of hydrogen-bond acceptors (Lipinski definition) is 10. The largest absolute Gasteiger partial charge is 0.331 e. The van der Waals surface area contributed by atoms with E-state index in [-0.39, 0.29) is 5.78 Å². The number of carbonyl (C=O) groups is 3. The molecule has 0 fully saturated rings. The molecule has 54 heavy (non-hydrogen) atoms.